The van der Waals surface area contributed by atoms with Crippen LogP contribution in [0.25, 0.3) is 0 Å². The highest BCUT2D eigenvalue weighted by atomic mass is 16.2. The summed E-state index contributed by atoms with van der Waals surface area (Å²) >= 11 is 0. The van der Waals surface area contributed by atoms with Gasteiger partial charge in [0, 0.05) is 7.05 Å². The summed E-state index contributed by atoms with van der Waals surface area (Å²) in [6, 6.07) is 8.80. The van der Waals surface area contributed by atoms with E-state index in [2.05, 4.69) is 36.5 Å². The number of nitrogens with one attached hydrogen (secondary N) is 1. The van der Waals surface area contributed by atoms with Crippen molar-refractivity contribution < 1.29 is 4.79 Å². The number of amides is 1. The lowest BCUT2D eigenvalue weighted by Crippen LogP contribution is -2.51. The van der Waals surface area contributed by atoms with Crippen LogP contribution in [0.2, 0.25) is 0 Å². The molecule has 3 rings (SSSR count). The van der Waals surface area contributed by atoms with Crippen LogP contribution in [0, 0.1) is 5.92 Å². The van der Waals surface area contributed by atoms with Crippen LogP contribution in [0.5, 0.6) is 0 Å². The van der Waals surface area contributed by atoms with Crippen LogP contribution in [0.4, 0.5) is 0 Å². The van der Waals surface area contributed by atoms with Gasteiger partial charge in [0.1, 0.15) is 0 Å². The summed E-state index contributed by atoms with van der Waals surface area (Å²) in [5.41, 5.74) is 2.74. The molecule has 20 heavy (non-hydrogen) atoms. The number of benzene rings is 1. The number of rotatable bonds is 2. The van der Waals surface area contributed by atoms with Gasteiger partial charge in [-0.1, -0.05) is 31.2 Å². The van der Waals surface area contributed by atoms with Crippen molar-refractivity contribution in [2.24, 2.45) is 5.92 Å². The van der Waals surface area contributed by atoms with Gasteiger partial charge in [0.2, 0.25) is 5.91 Å². The number of carbonyl (C=O) groups excluding carboxylic acids is 1. The summed E-state index contributed by atoms with van der Waals surface area (Å²) in [6.45, 7) is 3.15. The van der Waals surface area contributed by atoms with Gasteiger partial charge in [-0.25, -0.2) is 0 Å². The van der Waals surface area contributed by atoms with E-state index in [1.165, 1.54) is 17.5 Å². The highest BCUT2D eigenvalue weighted by Gasteiger charge is 2.34. The summed E-state index contributed by atoms with van der Waals surface area (Å²) in [6.07, 6.45) is 4.48. The smallest absolute Gasteiger partial charge is 0.240 e. The Bertz CT molecular complexity index is 500. The first kappa shape index (κ1) is 13.6. The fourth-order valence-electron chi connectivity index (χ4n) is 3.69. The Morgan fingerprint density at radius 3 is 2.90 bits per heavy atom. The summed E-state index contributed by atoms with van der Waals surface area (Å²) in [4.78, 5) is 14.7. The van der Waals surface area contributed by atoms with E-state index in [1.54, 1.807) is 0 Å². The first-order valence-electron chi connectivity index (χ1n) is 7.76. The van der Waals surface area contributed by atoms with Gasteiger partial charge in [-0.15, -0.1) is 0 Å². The van der Waals surface area contributed by atoms with Crippen molar-refractivity contribution in [3.8, 4) is 0 Å². The number of likely N-dealkylation sites (N-methyl/N-ethyl adjacent to an activating group) is 1. The fourth-order valence-corrected chi connectivity index (χ4v) is 3.69. The number of nitrogens with zero attached hydrogens (tertiary/aromatic N) is 1. The van der Waals surface area contributed by atoms with Gasteiger partial charge in [0.15, 0.2) is 0 Å². The molecule has 1 N–H and O–H groups in total. The molecule has 0 radical (unpaired) electrons. The average Bonchev–Trinajstić information content (AvgIpc) is 2.90. The van der Waals surface area contributed by atoms with E-state index in [1.807, 2.05) is 11.9 Å². The Labute approximate surface area is 121 Å². The van der Waals surface area contributed by atoms with E-state index >= 15 is 0 Å². The number of hydrogen-bond donors (Lipinski definition) is 1. The fraction of sp³-hybridized carbons (Fsp3) is 0.588. The molecule has 108 valence electrons. The van der Waals surface area contributed by atoms with Crippen molar-refractivity contribution in [3.05, 3.63) is 35.4 Å². The predicted molar refractivity (Wildman–Crippen MR) is 80.5 cm³/mol. The molecule has 1 aliphatic carbocycles. The molecule has 0 spiro atoms. The lowest BCUT2D eigenvalue weighted by atomic mass is 9.91. The van der Waals surface area contributed by atoms with Crippen LogP contribution >= 0.6 is 0 Å². The van der Waals surface area contributed by atoms with Gasteiger partial charge in [-0.05, 0) is 49.3 Å². The van der Waals surface area contributed by atoms with Crippen LogP contribution in [0.3, 0.4) is 0 Å². The van der Waals surface area contributed by atoms with Crippen LogP contribution < -0.4 is 5.32 Å². The molecule has 3 nitrogen and oxygen atoms in total. The summed E-state index contributed by atoms with van der Waals surface area (Å²) in [5, 5.41) is 3.41. The minimum absolute atomic E-state index is 0.00140. The van der Waals surface area contributed by atoms with E-state index in [4.69, 9.17) is 0 Å². The van der Waals surface area contributed by atoms with Crippen LogP contribution in [-0.2, 0) is 11.2 Å². The molecule has 2 aliphatic rings. The summed E-state index contributed by atoms with van der Waals surface area (Å²) in [5.74, 6) is 0.703. The molecule has 3 heteroatoms. The van der Waals surface area contributed by atoms with Gasteiger partial charge in [0.25, 0.3) is 0 Å². The predicted octanol–water partition coefficient (Wildman–Crippen LogP) is 2.52. The molecular weight excluding hydrogens is 248 g/mol. The number of hydrogen-bond acceptors (Lipinski definition) is 2. The second kappa shape index (κ2) is 5.57. The number of aryl methyl sites for hydroxylation is 1. The monoisotopic (exact) mass is 272 g/mol. The van der Waals surface area contributed by atoms with E-state index in [0.717, 1.165) is 25.8 Å². The molecule has 3 unspecified atom stereocenters. The van der Waals surface area contributed by atoms with Crippen molar-refractivity contribution in [2.45, 2.75) is 44.7 Å². The topological polar surface area (TPSA) is 32.3 Å². The van der Waals surface area contributed by atoms with E-state index in [9.17, 15) is 4.79 Å². The molecule has 1 saturated heterocycles. The number of fused-ring (bicyclic) bond motifs is 1. The minimum atomic E-state index is 0.00140. The van der Waals surface area contributed by atoms with E-state index in [0.29, 0.717) is 5.92 Å². The Kier molecular flexibility index (Phi) is 3.79. The van der Waals surface area contributed by atoms with Crippen LogP contribution in [-0.4, -0.2) is 30.4 Å². The van der Waals surface area contributed by atoms with E-state index in [-0.39, 0.29) is 18.0 Å². The quantitative estimate of drug-likeness (QED) is 0.897. The first-order valence-corrected chi connectivity index (χ1v) is 7.76. The van der Waals surface area contributed by atoms with Crippen molar-refractivity contribution in [3.63, 3.8) is 0 Å². The zero-order chi connectivity index (χ0) is 14.1. The highest BCUT2D eigenvalue weighted by Crippen LogP contribution is 2.35. The molecule has 1 heterocycles. The third-order valence-corrected chi connectivity index (χ3v) is 4.95. The summed E-state index contributed by atoms with van der Waals surface area (Å²) < 4.78 is 0. The molecule has 0 aromatic heterocycles. The zero-order valence-corrected chi connectivity index (χ0v) is 12.4. The van der Waals surface area contributed by atoms with Crippen molar-refractivity contribution >= 4 is 5.91 Å². The maximum absolute atomic E-state index is 12.8. The molecule has 1 aromatic carbocycles. The van der Waals surface area contributed by atoms with E-state index < -0.39 is 0 Å². The zero-order valence-electron chi connectivity index (χ0n) is 12.4. The lowest BCUT2D eigenvalue weighted by molar-refractivity contribution is -0.136. The molecule has 1 aromatic rings. The Morgan fingerprint density at radius 1 is 1.30 bits per heavy atom. The molecule has 3 atom stereocenters. The van der Waals surface area contributed by atoms with Crippen molar-refractivity contribution in [1.82, 2.24) is 10.2 Å². The second-order valence-electron chi connectivity index (χ2n) is 6.25. The van der Waals surface area contributed by atoms with Gasteiger partial charge in [-0.2, -0.15) is 0 Å². The maximum atomic E-state index is 12.8. The molecule has 0 bridgehead atoms. The highest BCUT2D eigenvalue weighted by molar-refractivity contribution is 5.82. The van der Waals surface area contributed by atoms with Gasteiger partial charge >= 0.3 is 0 Å². The van der Waals surface area contributed by atoms with Gasteiger partial charge in [0.05, 0.1) is 12.1 Å². The number of carbonyl (C=O) groups is 1. The molecule has 0 saturated carbocycles. The minimum Gasteiger partial charge on any atom is -0.337 e. The van der Waals surface area contributed by atoms with Gasteiger partial charge in [-0.3, -0.25) is 4.79 Å². The van der Waals surface area contributed by atoms with Gasteiger partial charge < -0.3 is 10.2 Å². The first-order chi connectivity index (χ1) is 9.68. The third-order valence-electron chi connectivity index (χ3n) is 4.95. The number of piperidine rings is 1. The van der Waals surface area contributed by atoms with Crippen LogP contribution in [0.15, 0.2) is 24.3 Å². The average molecular weight is 272 g/mol. The van der Waals surface area contributed by atoms with Crippen molar-refractivity contribution in [2.75, 3.05) is 13.6 Å². The summed E-state index contributed by atoms with van der Waals surface area (Å²) in [7, 11) is 1.97. The normalized spacial score (nSPS) is 29.0. The SMILES string of the molecule is CC1CCCNC1C(=O)N(C)C1CCc2ccccc21. The van der Waals surface area contributed by atoms with Crippen molar-refractivity contribution in [1.29, 1.82) is 0 Å². The Balaban J connectivity index is 1.76. The molecular formula is C17H24N2O. The third kappa shape index (κ3) is 2.35. The second-order valence-corrected chi connectivity index (χ2v) is 6.25. The Morgan fingerprint density at radius 2 is 2.10 bits per heavy atom. The maximum Gasteiger partial charge on any atom is 0.240 e. The standard InChI is InChI=1S/C17H24N2O/c1-12-6-5-11-18-16(12)17(20)19(2)15-10-9-13-7-3-4-8-14(13)15/h3-4,7-8,12,15-16,18H,5-6,9-11H2,1-2H3. The Hall–Kier alpha value is -1.35. The lowest BCUT2D eigenvalue weighted by Gasteiger charge is -2.35. The molecule has 1 fully saturated rings. The molecule has 1 amide bonds. The molecule has 1 aliphatic heterocycles. The van der Waals surface area contributed by atoms with Crippen LogP contribution in [0.1, 0.15) is 43.4 Å². The largest absolute Gasteiger partial charge is 0.337 e.